The van der Waals surface area contributed by atoms with E-state index in [2.05, 4.69) is 33.4 Å². The molecule has 1 aromatic carbocycles. The number of likely N-dealkylation sites (N-methyl/N-ethyl adjacent to an activating group) is 1. The van der Waals surface area contributed by atoms with E-state index in [1.165, 1.54) is 4.40 Å². The quantitative estimate of drug-likeness (QED) is 0.536. The molecule has 6 N–H and O–H groups in total. The molecular weight excluding hydrogens is 359 g/mol. The van der Waals surface area contributed by atoms with Gasteiger partial charge >= 0.3 is 122 Å². The van der Waals surface area contributed by atoms with E-state index in [-0.39, 0.29) is 22.3 Å². The first-order valence-electron chi connectivity index (χ1n) is 7.05. The van der Waals surface area contributed by atoms with Crippen LogP contribution in [0.5, 0.6) is 0 Å². The summed E-state index contributed by atoms with van der Waals surface area (Å²) in [5.74, 6) is 0.188. The van der Waals surface area contributed by atoms with Crippen LogP contribution in [0.2, 0.25) is 0 Å². The molecule has 131 valence electrons. The fourth-order valence-electron chi connectivity index (χ4n) is 2.32. The zero-order valence-electron chi connectivity index (χ0n) is 13.8. The molecule has 1 fully saturated rings. The summed E-state index contributed by atoms with van der Waals surface area (Å²) in [6, 6.07) is 8.09. The van der Waals surface area contributed by atoms with E-state index in [0.717, 1.165) is 38.4 Å². The van der Waals surface area contributed by atoms with Gasteiger partial charge in [0.25, 0.3) is 0 Å². The van der Waals surface area contributed by atoms with Crippen molar-refractivity contribution in [1.82, 2.24) is 9.80 Å². The average molecular weight is 387 g/mol. The van der Waals surface area contributed by atoms with Crippen molar-refractivity contribution in [2.24, 2.45) is 0 Å². The number of carbonyl (C=O) groups excluding carboxylic acids is 1. The smallest absolute Gasteiger partial charge is 0.412 e. The normalized spacial score (nSPS) is 14.9. The molecule has 1 amide bonds. The summed E-state index contributed by atoms with van der Waals surface area (Å²) < 4.78 is 1.21. The molecule has 1 heterocycles. The van der Waals surface area contributed by atoms with Gasteiger partial charge in [-0.3, -0.25) is 0 Å². The molecule has 0 spiro atoms. The summed E-state index contributed by atoms with van der Waals surface area (Å²) in [6.07, 6.45) is 0.591. The van der Waals surface area contributed by atoms with Crippen molar-refractivity contribution in [1.29, 1.82) is 0 Å². The van der Waals surface area contributed by atoms with Crippen LogP contribution in [0.3, 0.4) is 0 Å². The molecule has 0 aromatic heterocycles. The number of benzene rings is 1. The summed E-state index contributed by atoms with van der Waals surface area (Å²) in [6.45, 7) is 5.20. The second-order valence-corrected chi connectivity index (χ2v) is 6.61. The van der Waals surface area contributed by atoms with E-state index in [1.54, 1.807) is 4.90 Å². The first-order chi connectivity index (χ1) is 9.56. The Morgan fingerprint density at radius 1 is 1.09 bits per heavy atom. The molecule has 0 unspecified atom stereocenters. The molecule has 0 atom stereocenters. The van der Waals surface area contributed by atoms with Crippen LogP contribution in [0.4, 0.5) is 5.69 Å². The number of anilines is 1. The topological polar surface area (TPSA) is 121 Å². The van der Waals surface area contributed by atoms with Crippen LogP contribution >= 0.6 is 0 Å². The van der Waals surface area contributed by atoms with Crippen LogP contribution in [-0.2, 0) is 4.79 Å². The van der Waals surface area contributed by atoms with E-state index < -0.39 is 0 Å². The third-order valence-corrected chi connectivity index (χ3v) is 4.57. The van der Waals surface area contributed by atoms with Crippen LogP contribution in [0.15, 0.2) is 24.3 Å². The van der Waals surface area contributed by atoms with Gasteiger partial charge in [-0.2, -0.15) is 0 Å². The van der Waals surface area contributed by atoms with Crippen molar-refractivity contribution in [2.45, 2.75) is 6.42 Å². The molecule has 2 rings (SSSR count). The third-order valence-electron chi connectivity index (χ3n) is 3.87. The van der Waals surface area contributed by atoms with E-state index >= 15 is 0 Å². The van der Waals surface area contributed by atoms with Gasteiger partial charge in [-0.1, -0.05) is 0 Å². The fraction of sp³-hybridized carbons (Fsp3) is 0.533. The molecule has 7 nitrogen and oxygen atoms in total. The van der Waals surface area contributed by atoms with Crippen molar-refractivity contribution >= 4 is 32.5 Å². The minimum absolute atomic E-state index is 0. The summed E-state index contributed by atoms with van der Waals surface area (Å²) >= 11 is 2.05. The maximum absolute atomic E-state index is 12.2. The Kier molecular flexibility index (Phi) is 12.2. The SMILES string of the molecule is CN1CCN(CCC(=O)N(C)c2cc[c]([Ge])cc2)CC1.O.O.O. The van der Waals surface area contributed by atoms with Gasteiger partial charge in [0, 0.05) is 0 Å². The van der Waals surface area contributed by atoms with Gasteiger partial charge in [-0.15, -0.1) is 0 Å². The predicted molar refractivity (Wildman–Crippen MR) is 94.6 cm³/mol. The van der Waals surface area contributed by atoms with E-state index in [4.69, 9.17) is 0 Å². The van der Waals surface area contributed by atoms with E-state index in [1.807, 2.05) is 31.3 Å². The standard InChI is InChI=1S/C15H22GeN3O.3H2O/c1-17-9-11-19(12-10-17)8-7-15(20)18(2)14-5-3-13(16)4-6-14;;;/h3-6H,7-12H2,1-2H3;3*1H2. The van der Waals surface area contributed by atoms with Gasteiger partial charge in [0.1, 0.15) is 0 Å². The molecule has 0 aliphatic carbocycles. The maximum atomic E-state index is 12.2. The number of rotatable bonds is 4. The molecule has 1 aliphatic heterocycles. The van der Waals surface area contributed by atoms with Crippen molar-refractivity contribution < 1.29 is 21.2 Å². The Hall–Kier alpha value is -0.967. The van der Waals surface area contributed by atoms with Crippen LogP contribution in [0, 0.1) is 0 Å². The van der Waals surface area contributed by atoms with Crippen LogP contribution in [-0.4, -0.2) is 95.5 Å². The molecular formula is C15H28GeN3O4. The molecule has 3 radical (unpaired) electrons. The molecule has 0 saturated carbocycles. The first kappa shape index (κ1) is 24.3. The van der Waals surface area contributed by atoms with Gasteiger partial charge < -0.3 is 16.4 Å². The Balaban J connectivity index is 0. The average Bonchev–Trinajstić information content (AvgIpc) is 2.46. The minimum atomic E-state index is 0. The zero-order valence-corrected chi connectivity index (χ0v) is 15.9. The van der Waals surface area contributed by atoms with Gasteiger partial charge in [-0.05, 0) is 7.05 Å². The molecule has 1 aromatic rings. The van der Waals surface area contributed by atoms with Gasteiger partial charge in [0.05, 0.1) is 0 Å². The van der Waals surface area contributed by atoms with Crippen molar-refractivity contribution in [3.05, 3.63) is 24.3 Å². The Labute approximate surface area is 146 Å². The first-order valence-corrected chi connectivity index (χ1v) is 8.10. The fourth-order valence-corrected chi connectivity index (χ4v) is 2.67. The molecule has 1 aliphatic rings. The number of carbonyl (C=O) groups is 1. The summed E-state index contributed by atoms with van der Waals surface area (Å²) in [5, 5.41) is 0. The van der Waals surface area contributed by atoms with Crippen molar-refractivity contribution in [2.75, 3.05) is 51.7 Å². The van der Waals surface area contributed by atoms with Gasteiger partial charge in [-0.25, -0.2) is 0 Å². The Morgan fingerprint density at radius 3 is 2.13 bits per heavy atom. The van der Waals surface area contributed by atoms with Crippen molar-refractivity contribution in [3.63, 3.8) is 0 Å². The number of piperazine rings is 1. The number of amides is 1. The summed E-state index contributed by atoms with van der Waals surface area (Å²) in [4.78, 5) is 18.7. The summed E-state index contributed by atoms with van der Waals surface area (Å²) in [7, 11) is 4.00. The van der Waals surface area contributed by atoms with Crippen LogP contribution in [0.25, 0.3) is 0 Å². The molecule has 1 saturated heterocycles. The second-order valence-electron chi connectivity index (χ2n) is 5.39. The summed E-state index contributed by atoms with van der Waals surface area (Å²) in [5.41, 5.74) is 0.971. The maximum Gasteiger partial charge on any atom is -0.412 e. The van der Waals surface area contributed by atoms with E-state index in [9.17, 15) is 4.79 Å². The molecule has 8 heteroatoms. The predicted octanol–water partition coefficient (Wildman–Crippen LogP) is -2.39. The largest absolute Gasteiger partial charge is 0.412 e. The number of nitrogens with zero attached hydrogens (tertiary/aromatic N) is 3. The monoisotopic (exact) mass is 388 g/mol. The van der Waals surface area contributed by atoms with E-state index in [0.29, 0.717) is 6.42 Å². The van der Waals surface area contributed by atoms with Crippen molar-refractivity contribution in [3.8, 4) is 0 Å². The number of hydrogen-bond donors (Lipinski definition) is 0. The molecule has 0 bridgehead atoms. The third kappa shape index (κ3) is 7.43. The zero-order chi connectivity index (χ0) is 14.5. The van der Waals surface area contributed by atoms with Gasteiger partial charge in [0.2, 0.25) is 0 Å². The van der Waals surface area contributed by atoms with Gasteiger partial charge in [0.15, 0.2) is 0 Å². The second kappa shape index (κ2) is 11.6. The van der Waals surface area contributed by atoms with Crippen LogP contribution in [0.1, 0.15) is 6.42 Å². The molecule has 23 heavy (non-hydrogen) atoms. The Bertz CT molecular complexity index is 451. The number of hydrogen-bond acceptors (Lipinski definition) is 3. The van der Waals surface area contributed by atoms with Crippen LogP contribution < -0.4 is 9.30 Å². The minimum Gasteiger partial charge on any atom is -0.412 e. The Morgan fingerprint density at radius 2 is 1.61 bits per heavy atom.